The number of carbonyl (C=O) groups is 1. The second-order valence-electron chi connectivity index (χ2n) is 7.50. The van der Waals surface area contributed by atoms with Gasteiger partial charge in [-0.3, -0.25) is 4.79 Å². The molecule has 0 aliphatic heterocycles. The van der Waals surface area contributed by atoms with E-state index in [1.807, 2.05) is 61.8 Å². The first-order valence-corrected chi connectivity index (χ1v) is 10.9. The van der Waals surface area contributed by atoms with Gasteiger partial charge in [-0.1, -0.05) is 12.1 Å². The molecule has 2 aromatic carbocycles. The molecule has 7 nitrogen and oxygen atoms in total. The van der Waals surface area contributed by atoms with Gasteiger partial charge in [0.05, 0.1) is 24.6 Å². The van der Waals surface area contributed by atoms with Gasteiger partial charge in [0.15, 0.2) is 0 Å². The molecule has 0 radical (unpaired) electrons. The van der Waals surface area contributed by atoms with E-state index in [1.54, 1.807) is 30.3 Å². The highest BCUT2D eigenvalue weighted by atomic mass is 16.5. The number of anilines is 1. The number of aromatic nitrogens is 2. The van der Waals surface area contributed by atoms with E-state index in [9.17, 15) is 4.79 Å². The van der Waals surface area contributed by atoms with E-state index in [-0.39, 0.29) is 5.91 Å². The van der Waals surface area contributed by atoms with E-state index in [0.29, 0.717) is 48.3 Å². The van der Waals surface area contributed by atoms with Crippen LogP contribution in [0, 0.1) is 6.92 Å². The second kappa shape index (κ2) is 10.1. The Morgan fingerprint density at radius 1 is 0.939 bits per heavy atom. The number of hydrogen-bond acceptors (Lipinski definition) is 5. The molecular weight excluding hydrogens is 418 g/mol. The third-order valence-corrected chi connectivity index (χ3v) is 4.94. The van der Waals surface area contributed by atoms with Gasteiger partial charge in [0.2, 0.25) is 0 Å². The average Bonchev–Trinajstić information content (AvgIpc) is 3.22. The van der Waals surface area contributed by atoms with Gasteiger partial charge in [0, 0.05) is 24.0 Å². The van der Waals surface area contributed by atoms with E-state index in [0.717, 1.165) is 16.9 Å². The van der Waals surface area contributed by atoms with Crippen molar-refractivity contribution in [2.45, 2.75) is 27.4 Å². The molecule has 33 heavy (non-hydrogen) atoms. The highest BCUT2D eigenvalue weighted by molar-refractivity contribution is 6.05. The predicted octanol–water partition coefficient (Wildman–Crippen LogP) is 5.27. The summed E-state index contributed by atoms with van der Waals surface area (Å²) in [5, 5.41) is 2.92. The molecular formula is C26H27N3O4. The molecule has 0 aliphatic carbocycles. The number of fused-ring (bicyclic) bond motifs is 1. The van der Waals surface area contributed by atoms with Crippen molar-refractivity contribution in [3.8, 4) is 17.2 Å². The summed E-state index contributed by atoms with van der Waals surface area (Å²) >= 11 is 0. The minimum absolute atomic E-state index is 0.266. The Morgan fingerprint density at radius 3 is 2.58 bits per heavy atom. The Hall–Kier alpha value is -4.00. The van der Waals surface area contributed by atoms with Gasteiger partial charge < -0.3 is 23.9 Å². The molecule has 4 rings (SSSR count). The van der Waals surface area contributed by atoms with Crippen LogP contribution in [0.25, 0.3) is 5.65 Å². The maximum absolute atomic E-state index is 12.9. The predicted molar refractivity (Wildman–Crippen MR) is 127 cm³/mol. The number of nitrogens with one attached hydrogen (secondary N) is 1. The van der Waals surface area contributed by atoms with Crippen LogP contribution in [0.2, 0.25) is 0 Å². The fraction of sp³-hybridized carbons (Fsp3) is 0.231. The second-order valence-corrected chi connectivity index (χ2v) is 7.50. The monoisotopic (exact) mass is 445 g/mol. The molecule has 1 amide bonds. The van der Waals surface area contributed by atoms with Crippen LogP contribution in [0.4, 0.5) is 5.69 Å². The zero-order valence-electron chi connectivity index (χ0n) is 19.0. The maximum atomic E-state index is 12.9. The smallest absolute Gasteiger partial charge is 0.255 e. The van der Waals surface area contributed by atoms with Crippen molar-refractivity contribution in [2.24, 2.45) is 0 Å². The quantitative estimate of drug-likeness (QED) is 0.380. The number of amides is 1. The average molecular weight is 446 g/mol. The molecule has 0 fully saturated rings. The third kappa shape index (κ3) is 5.44. The van der Waals surface area contributed by atoms with Crippen molar-refractivity contribution >= 4 is 17.2 Å². The van der Waals surface area contributed by atoms with Crippen LogP contribution in [0.1, 0.15) is 35.5 Å². The van der Waals surface area contributed by atoms with Gasteiger partial charge in [-0.25, -0.2) is 4.98 Å². The number of imidazole rings is 1. The molecule has 170 valence electrons. The first kappa shape index (κ1) is 22.2. The van der Waals surface area contributed by atoms with Crippen molar-refractivity contribution < 1.29 is 19.0 Å². The number of benzene rings is 2. The Bertz CT molecular complexity index is 1270. The molecule has 0 saturated heterocycles. The van der Waals surface area contributed by atoms with Crippen LogP contribution in [0.5, 0.6) is 17.2 Å². The maximum Gasteiger partial charge on any atom is 0.255 e. The van der Waals surface area contributed by atoms with Gasteiger partial charge in [-0.2, -0.15) is 0 Å². The topological polar surface area (TPSA) is 74.1 Å². The lowest BCUT2D eigenvalue weighted by atomic mass is 10.2. The molecule has 1 N–H and O–H groups in total. The van der Waals surface area contributed by atoms with Crippen LogP contribution in [-0.4, -0.2) is 28.5 Å². The molecule has 0 spiro atoms. The summed E-state index contributed by atoms with van der Waals surface area (Å²) in [5.74, 6) is 1.57. The number of rotatable bonds is 9. The fourth-order valence-electron chi connectivity index (χ4n) is 3.45. The van der Waals surface area contributed by atoms with E-state index in [4.69, 9.17) is 14.2 Å². The summed E-state index contributed by atoms with van der Waals surface area (Å²) in [6.07, 6.45) is 3.97. The van der Waals surface area contributed by atoms with Gasteiger partial charge in [-0.15, -0.1) is 0 Å². The van der Waals surface area contributed by atoms with Crippen molar-refractivity contribution in [2.75, 3.05) is 18.5 Å². The van der Waals surface area contributed by atoms with Crippen LogP contribution >= 0.6 is 0 Å². The van der Waals surface area contributed by atoms with Gasteiger partial charge in [0.1, 0.15) is 29.5 Å². The summed E-state index contributed by atoms with van der Waals surface area (Å²) in [7, 11) is 0. The molecule has 0 unspecified atom stereocenters. The van der Waals surface area contributed by atoms with E-state index < -0.39 is 0 Å². The number of aryl methyl sites for hydroxylation is 1. The van der Waals surface area contributed by atoms with Crippen LogP contribution in [-0.2, 0) is 6.61 Å². The van der Waals surface area contributed by atoms with Gasteiger partial charge >= 0.3 is 0 Å². The summed E-state index contributed by atoms with van der Waals surface area (Å²) < 4.78 is 19.1. The van der Waals surface area contributed by atoms with Crippen molar-refractivity contribution in [1.82, 2.24) is 9.38 Å². The molecule has 0 saturated carbocycles. The lowest BCUT2D eigenvalue weighted by Gasteiger charge is -2.14. The summed E-state index contributed by atoms with van der Waals surface area (Å²) in [5.41, 5.74) is 3.86. The van der Waals surface area contributed by atoms with E-state index in [2.05, 4.69) is 10.3 Å². The normalized spacial score (nSPS) is 10.8. The molecule has 0 aliphatic rings. The molecule has 2 heterocycles. The molecule has 0 atom stereocenters. The molecule has 4 aromatic rings. The number of pyridine rings is 1. The lowest BCUT2D eigenvalue weighted by molar-refractivity contribution is 0.102. The Balaban J connectivity index is 1.46. The number of hydrogen-bond donors (Lipinski definition) is 1. The van der Waals surface area contributed by atoms with Crippen molar-refractivity contribution in [3.63, 3.8) is 0 Å². The first-order chi connectivity index (χ1) is 16.1. The number of nitrogens with zero attached hydrogens (tertiary/aromatic N) is 2. The van der Waals surface area contributed by atoms with Crippen molar-refractivity contribution in [3.05, 3.63) is 83.8 Å². The van der Waals surface area contributed by atoms with E-state index >= 15 is 0 Å². The first-order valence-electron chi connectivity index (χ1n) is 10.9. The molecule has 2 aromatic heterocycles. The van der Waals surface area contributed by atoms with E-state index in [1.165, 1.54) is 0 Å². The molecule has 0 bridgehead atoms. The summed E-state index contributed by atoms with van der Waals surface area (Å²) in [6.45, 7) is 7.17. The minimum atomic E-state index is -0.266. The fourth-order valence-corrected chi connectivity index (χ4v) is 3.45. The standard InChI is InChI=1S/C26H27N3O4/c1-4-31-22-10-11-24(32-5-2)23(14-22)28-26(30)19-7-6-8-21(13-19)33-17-20-16-29-15-18(3)9-12-25(29)27-20/h6-16H,4-5,17H2,1-3H3,(H,28,30). The van der Waals surface area contributed by atoms with Crippen LogP contribution in [0.15, 0.2) is 67.0 Å². The van der Waals surface area contributed by atoms with Crippen LogP contribution in [0.3, 0.4) is 0 Å². The van der Waals surface area contributed by atoms with Crippen molar-refractivity contribution in [1.29, 1.82) is 0 Å². The largest absolute Gasteiger partial charge is 0.494 e. The molecule has 7 heteroatoms. The minimum Gasteiger partial charge on any atom is -0.494 e. The Morgan fingerprint density at radius 2 is 1.76 bits per heavy atom. The highest BCUT2D eigenvalue weighted by Crippen LogP contribution is 2.30. The summed E-state index contributed by atoms with van der Waals surface area (Å²) in [4.78, 5) is 17.5. The zero-order valence-corrected chi connectivity index (χ0v) is 19.0. The zero-order chi connectivity index (χ0) is 23.2. The number of carbonyl (C=O) groups excluding carboxylic acids is 1. The third-order valence-electron chi connectivity index (χ3n) is 4.94. The highest BCUT2D eigenvalue weighted by Gasteiger charge is 2.13. The lowest BCUT2D eigenvalue weighted by Crippen LogP contribution is -2.13. The Labute approximate surface area is 192 Å². The summed E-state index contributed by atoms with van der Waals surface area (Å²) in [6, 6.07) is 16.4. The number of ether oxygens (including phenoxy) is 3. The van der Waals surface area contributed by atoms with Gasteiger partial charge in [0.25, 0.3) is 5.91 Å². The SMILES string of the molecule is CCOc1ccc(OCC)c(NC(=O)c2cccc(OCc3cn4cc(C)ccc4n3)c2)c1. The van der Waals surface area contributed by atoms with Gasteiger partial charge in [-0.05, 0) is 62.7 Å². The Kier molecular flexibility index (Phi) is 6.78. The van der Waals surface area contributed by atoms with Crippen LogP contribution < -0.4 is 19.5 Å².